The van der Waals surface area contributed by atoms with Crippen LogP contribution in [0, 0.1) is 0 Å². The summed E-state index contributed by atoms with van der Waals surface area (Å²) in [7, 11) is 0. The monoisotopic (exact) mass is 353 g/mol. The highest BCUT2D eigenvalue weighted by atomic mass is 35.5. The molecule has 5 nitrogen and oxygen atoms in total. The van der Waals surface area contributed by atoms with E-state index in [0.29, 0.717) is 28.6 Å². The van der Waals surface area contributed by atoms with E-state index in [1.807, 2.05) is 6.92 Å². The number of carbonyl (C=O) groups excluding carboxylic acids is 2. The fraction of sp³-hybridized carbons (Fsp3) is 0.385. The average Bonchev–Trinajstić information content (AvgIpc) is 2.38. The molecule has 2 amide bonds. The fourth-order valence-electron chi connectivity index (χ4n) is 1.41. The molecule has 1 unspecified atom stereocenters. The van der Waals surface area contributed by atoms with Gasteiger partial charge in [0, 0.05) is 17.5 Å². The number of hydrogen-bond donors (Lipinski definition) is 3. The molecule has 0 aliphatic carbocycles. The van der Waals surface area contributed by atoms with Gasteiger partial charge < -0.3 is 16.4 Å². The highest BCUT2D eigenvalue weighted by Crippen LogP contribution is 2.25. The van der Waals surface area contributed by atoms with Gasteiger partial charge >= 0.3 is 0 Å². The number of amides is 2. The molecular weight excluding hydrogens is 337 g/mol. The molecule has 0 saturated carbocycles. The van der Waals surface area contributed by atoms with Gasteiger partial charge in [-0.25, -0.2) is 0 Å². The number of nitrogens with two attached hydrogens (primary N) is 1. The first-order chi connectivity index (χ1) is 9.38. The first-order valence-corrected chi connectivity index (χ1v) is 6.91. The van der Waals surface area contributed by atoms with Crippen molar-refractivity contribution >= 4 is 53.1 Å². The van der Waals surface area contributed by atoms with Crippen LogP contribution in [-0.4, -0.2) is 24.4 Å². The number of rotatable bonds is 6. The van der Waals surface area contributed by atoms with Crippen molar-refractivity contribution in [2.45, 2.75) is 25.8 Å². The Hall–Kier alpha value is -1.01. The van der Waals surface area contributed by atoms with E-state index in [0.717, 1.165) is 0 Å². The van der Waals surface area contributed by atoms with Crippen LogP contribution < -0.4 is 16.4 Å². The highest BCUT2D eigenvalue weighted by molar-refractivity contribution is 6.35. The van der Waals surface area contributed by atoms with E-state index in [1.165, 1.54) is 0 Å². The summed E-state index contributed by atoms with van der Waals surface area (Å²) < 4.78 is 0. The molecule has 21 heavy (non-hydrogen) atoms. The normalized spacial score (nSPS) is 11.2. The molecule has 0 bridgehead atoms. The Balaban J connectivity index is 0.00000400. The molecule has 0 aromatic heterocycles. The fourth-order valence-corrected chi connectivity index (χ4v) is 1.75. The minimum Gasteiger partial charge on any atom is -0.347 e. The molecule has 0 fully saturated rings. The van der Waals surface area contributed by atoms with Crippen LogP contribution in [-0.2, 0) is 9.59 Å². The van der Waals surface area contributed by atoms with E-state index in [4.69, 9.17) is 28.9 Å². The predicted molar refractivity (Wildman–Crippen MR) is 88.2 cm³/mol. The first-order valence-electron chi connectivity index (χ1n) is 6.15. The summed E-state index contributed by atoms with van der Waals surface area (Å²) in [5, 5.41) is 5.93. The van der Waals surface area contributed by atoms with Crippen LogP contribution in [0.2, 0.25) is 10.0 Å². The van der Waals surface area contributed by atoms with Crippen LogP contribution >= 0.6 is 35.6 Å². The maximum absolute atomic E-state index is 11.7. The summed E-state index contributed by atoms with van der Waals surface area (Å²) in [5.74, 6) is -0.585. The number of nitrogens with one attached hydrogen (secondary N) is 2. The van der Waals surface area contributed by atoms with Gasteiger partial charge in [0.15, 0.2) is 0 Å². The summed E-state index contributed by atoms with van der Waals surface area (Å²) >= 11 is 11.7. The molecule has 0 heterocycles. The molecule has 118 valence electrons. The third kappa shape index (κ3) is 8.12. The Morgan fingerprint density at radius 1 is 1.29 bits per heavy atom. The zero-order valence-corrected chi connectivity index (χ0v) is 13.8. The van der Waals surface area contributed by atoms with Crippen LogP contribution in [0.25, 0.3) is 0 Å². The minimum absolute atomic E-state index is 0. The van der Waals surface area contributed by atoms with E-state index in [-0.39, 0.29) is 36.8 Å². The number of hydrogen-bond acceptors (Lipinski definition) is 3. The van der Waals surface area contributed by atoms with E-state index >= 15 is 0 Å². The number of carbonyl (C=O) groups is 2. The van der Waals surface area contributed by atoms with Crippen molar-refractivity contribution in [2.24, 2.45) is 5.73 Å². The SMILES string of the molecule is CC(N)CCC(=O)NCC(=O)Nc1cc(Cl)ccc1Cl.Cl. The van der Waals surface area contributed by atoms with Crippen LogP contribution in [0.15, 0.2) is 18.2 Å². The Kier molecular flexibility index (Phi) is 9.37. The van der Waals surface area contributed by atoms with E-state index in [9.17, 15) is 9.59 Å². The third-order valence-electron chi connectivity index (χ3n) is 2.48. The molecule has 1 atom stereocenters. The predicted octanol–water partition coefficient (Wildman–Crippen LogP) is 2.60. The number of anilines is 1. The summed E-state index contributed by atoms with van der Waals surface area (Å²) in [4.78, 5) is 23.1. The van der Waals surface area contributed by atoms with Crippen molar-refractivity contribution in [3.8, 4) is 0 Å². The summed E-state index contributed by atoms with van der Waals surface area (Å²) in [6, 6.07) is 4.70. The molecule has 0 aliphatic rings. The summed E-state index contributed by atoms with van der Waals surface area (Å²) in [6.07, 6.45) is 0.871. The largest absolute Gasteiger partial charge is 0.347 e. The lowest BCUT2D eigenvalue weighted by molar-refractivity contribution is -0.124. The lowest BCUT2D eigenvalue weighted by Gasteiger charge is -2.09. The van der Waals surface area contributed by atoms with Gasteiger partial charge in [0.1, 0.15) is 0 Å². The Bertz CT molecular complexity index is 496. The third-order valence-corrected chi connectivity index (χ3v) is 3.04. The van der Waals surface area contributed by atoms with Crippen molar-refractivity contribution < 1.29 is 9.59 Å². The molecule has 1 rings (SSSR count). The van der Waals surface area contributed by atoms with Gasteiger partial charge in [-0.2, -0.15) is 0 Å². The molecule has 4 N–H and O–H groups in total. The van der Waals surface area contributed by atoms with Crippen molar-refractivity contribution in [3.05, 3.63) is 28.2 Å². The second-order valence-corrected chi connectivity index (χ2v) is 5.31. The smallest absolute Gasteiger partial charge is 0.243 e. The van der Waals surface area contributed by atoms with Crippen LogP contribution in [0.3, 0.4) is 0 Å². The molecule has 8 heteroatoms. The Morgan fingerprint density at radius 3 is 2.57 bits per heavy atom. The standard InChI is InChI=1S/C13H17Cl2N3O2.ClH/c1-8(16)2-5-12(19)17-7-13(20)18-11-6-9(14)3-4-10(11)15;/h3-4,6,8H,2,5,7,16H2,1H3,(H,17,19)(H,18,20);1H. The zero-order valence-electron chi connectivity index (χ0n) is 11.5. The van der Waals surface area contributed by atoms with Gasteiger partial charge in [-0.3, -0.25) is 9.59 Å². The van der Waals surface area contributed by atoms with Gasteiger partial charge in [0.2, 0.25) is 11.8 Å². The zero-order chi connectivity index (χ0) is 15.1. The van der Waals surface area contributed by atoms with E-state index in [1.54, 1.807) is 18.2 Å². The maximum atomic E-state index is 11.7. The second-order valence-electron chi connectivity index (χ2n) is 4.47. The second kappa shape index (κ2) is 9.84. The summed E-state index contributed by atoms with van der Waals surface area (Å²) in [6.45, 7) is 1.70. The van der Waals surface area contributed by atoms with Crippen molar-refractivity contribution in [2.75, 3.05) is 11.9 Å². The highest BCUT2D eigenvalue weighted by Gasteiger charge is 2.09. The lowest BCUT2D eigenvalue weighted by Crippen LogP contribution is -2.33. The van der Waals surface area contributed by atoms with E-state index < -0.39 is 0 Å². The molecular formula is C13H18Cl3N3O2. The molecule has 1 aromatic carbocycles. The first kappa shape index (κ1) is 20.0. The van der Waals surface area contributed by atoms with Crippen LogP contribution in [0.1, 0.15) is 19.8 Å². The average molecular weight is 355 g/mol. The van der Waals surface area contributed by atoms with Gasteiger partial charge in [0.05, 0.1) is 17.3 Å². The maximum Gasteiger partial charge on any atom is 0.243 e. The molecule has 0 spiro atoms. The van der Waals surface area contributed by atoms with Gasteiger partial charge in [-0.05, 0) is 31.5 Å². The number of halogens is 3. The number of benzene rings is 1. The van der Waals surface area contributed by atoms with Gasteiger partial charge in [-0.1, -0.05) is 23.2 Å². The molecule has 0 saturated heterocycles. The van der Waals surface area contributed by atoms with Crippen LogP contribution in [0.5, 0.6) is 0 Å². The van der Waals surface area contributed by atoms with Crippen molar-refractivity contribution in [3.63, 3.8) is 0 Å². The van der Waals surface area contributed by atoms with Gasteiger partial charge in [-0.15, -0.1) is 12.4 Å². The molecule has 0 aliphatic heterocycles. The van der Waals surface area contributed by atoms with Crippen molar-refractivity contribution in [1.82, 2.24) is 5.32 Å². The Morgan fingerprint density at radius 2 is 1.95 bits per heavy atom. The topological polar surface area (TPSA) is 84.2 Å². The Labute approximate surface area is 140 Å². The van der Waals surface area contributed by atoms with Crippen LogP contribution in [0.4, 0.5) is 5.69 Å². The molecule has 1 aromatic rings. The van der Waals surface area contributed by atoms with Gasteiger partial charge in [0.25, 0.3) is 0 Å². The summed E-state index contributed by atoms with van der Waals surface area (Å²) in [5.41, 5.74) is 5.95. The lowest BCUT2D eigenvalue weighted by atomic mass is 10.2. The van der Waals surface area contributed by atoms with E-state index in [2.05, 4.69) is 10.6 Å². The minimum atomic E-state index is -0.372. The molecule has 0 radical (unpaired) electrons. The quantitative estimate of drug-likeness (QED) is 0.734. The van der Waals surface area contributed by atoms with Crippen molar-refractivity contribution in [1.29, 1.82) is 0 Å².